The number of hydrogen-bond acceptors (Lipinski definition) is 4. The fraction of sp³-hybridized carbons (Fsp3) is 0.0952. The smallest absolute Gasteiger partial charge is 0.251 e. The summed E-state index contributed by atoms with van der Waals surface area (Å²) < 4.78 is 1.96. The zero-order chi connectivity index (χ0) is 18.6. The molecule has 134 valence electrons. The Bertz CT molecular complexity index is 1090. The molecular weight excluding hydrogens is 338 g/mol. The number of para-hydroxylation sites is 2. The number of hydrogen-bond donors (Lipinski definition) is 2. The van der Waals surface area contributed by atoms with Crippen molar-refractivity contribution in [2.24, 2.45) is 7.05 Å². The first kappa shape index (κ1) is 16.8. The second kappa shape index (κ2) is 7.29. The number of aryl methyl sites for hydroxylation is 1. The molecule has 1 amide bonds. The number of aromatic nitrogens is 3. The zero-order valence-electron chi connectivity index (χ0n) is 14.9. The number of pyridine rings is 1. The number of rotatable bonds is 5. The van der Waals surface area contributed by atoms with Gasteiger partial charge in [0.2, 0.25) is 5.95 Å². The highest BCUT2D eigenvalue weighted by molar-refractivity contribution is 5.94. The molecule has 6 nitrogen and oxygen atoms in total. The number of imidazole rings is 1. The van der Waals surface area contributed by atoms with Gasteiger partial charge in [-0.2, -0.15) is 0 Å². The van der Waals surface area contributed by atoms with Crippen LogP contribution in [0.1, 0.15) is 15.9 Å². The molecule has 4 rings (SSSR count). The molecular formula is C21H19N5O. The highest BCUT2D eigenvalue weighted by atomic mass is 16.1. The Morgan fingerprint density at radius 1 is 1.04 bits per heavy atom. The molecule has 27 heavy (non-hydrogen) atoms. The summed E-state index contributed by atoms with van der Waals surface area (Å²) in [5, 5.41) is 6.12. The van der Waals surface area contributed by atoms with Gasteiger partial charge in [-0.1, -0.05) is 42.5 Å². The summed E-state index contributed by atoms with van der Waals surface area (Å²) in [7, 11) is 1.94. The third-order valence-electron chi connectivity index (χ3n) is 4.35. The van der Waals surface area contributed by atoms with Crippen LogP contribution >= 0.6 is 0 Å². The van der Waals surface area contributed by atoms with Gasteiger partial charge in [0.15, 0.2) is 0 Å². The summed E-state index contributed by atoms with van der Waals surface area (Å²) in [6.07, 6.45) is 1.61. The van der Waals surface area contributed by atoms with Gasteiger partial charge in [-0.15, -0.1) is 0 Å². The lowest BCUT2D eigenvalue weighted by Crippen LogP contribution is -2.22. The van der Waals surface area contributed by atoms with Gasteiger partial charge < -0.3 is 15.2 Å². The number of nitrogens with zero attached hydrogens (tertiary/aromatic N) is 3. The van der Waals surface area contributed by atoms with E-state index in [0.717, 1.165) is 16.6 Å². The van der Waals surface area contributed by atoms with Crippen LogP contribution in [0.15, 0.2) is 72.9 Å². The monoisotopic (exact) mass is 357 g/mol. The van der Waals surface area contributed by atoms with Crippen molar-refractivity contribution in [2.75, 3.05) is 5.32 Å². The molecule has 0 spiro atoms. The number of anilines is 2. The van der Waals surface area contributed by atoms with Crippen LogP contribution in [0.4, 0.5) is 11.8 Å². The maximum Gasteiger partial charge on any atom is 0.251 e. The van der Waals surface area contributed by atoms with Crippen LogP contribution < -0.4 is 10.6 Å². The largest absolute Gasteiger partial charge is 0.348 e. The van der Waals surface area contributed by atoms with Gasteiger partial charge in [0.25, 0.3) is 5.91 Å². The maximum atomic E-state index is 12.4. The molecule has 2 heterocycles. The SMILES string of the molecule is Cn1c(Nc2cc(C(=O)NCc3ccccc3)ccn2)nc2ccccc21. The normalized spacial score (nSPS) is 10.7. The summed E-state index contributed by atoms with van der Waals surface area (Å²) in [6.45, 7) is 0.482. The molecule has 0 aliphatic heterocycles. The summed E-state index contributed by atoms with van der Waals surface area (Å²) >= 11 is 0. The minimum absolute atomic E-state index is 0.144. The predicted octanol–water partition coefficient (Wildman–Crippen LogP) is 3.64. The Balaban J connectivity index is 1.50. The van der Waals surface area contributed by atoms with Crippen molar-refractivity contribution >= 4 is 28.7 Å². The average molecular weight is 357 g/mol. The Kier molecular flexibility index (Phi) is 4.53. The highest BCUT2D eigenvalue weighted by Crippen LogP contribution is 2.20. The minimum atomic E-state index is -0.144. The maximum absolute atomic E-state index is 12.4. The van der Waals surface area contributed by atoms with Gasteiger partial charge >= 0.3 is 0 Å². The zero-order valence-corrected chi connectivity index (χ0v) is 14.9. The molecule has 2 aromatic carbocycles. The molecule has 0 aliphatic rings. The van der Waals surface area contributed by atoms with Gasteiger partial charge in [0, 0.05) is 25.4 Å². The average Bonchev–Trinajstić information content (AvgIpc) is 3.03. The standard InChI is InChI=1S/C21H19N5O/c1-26-18-10-6-5-9-17(18)24-21(26)25-19-13-16(11-12-22-19)20(27)23-14-15-7-3-2-4-8-15/h2-13H,14H2,1H3,(H,23,27)(H,22,24,25). The number of fused-ring (bicyclic) bond motifs is 1. The van der Waals surface area contributed by atoms with Gasteiger partial charge in [-0.3, -0.25) is 4.79 Å². The summed E-state index contributed by atoms with van der Waals surface area (Å²) in [5.41, 5.74) is 3.52. The lowest BCUT2D eigenvalue weighted by atomic mass is 10.2. The molecule has 2 N–H and O–H groups in total. The first-order valence-corrected chi connectivity index (χ1v) is 8.67. The van der Waals surface area contributed by atoms with E-state index in [0.29, 0.717) is 23.9 Å². The first-order valence-electron chi connectivity index (χ1n) is 8.67. The molecule has 0 unspecified atom stereocenters. The van der Waals surface area contributed by atoms with Crippen molar-refractivity contribution in [1.29, 1.82) is 0 Å². The van der Waals surface area contributed by atoms with Crippen LogP contribution in [-0.2, 0) is 13.6 Å². The third kappa shape index (κ3) is 3.64. The molecule has 0 radical (unpaired) electrons. The second-order valence-electron chi connectivity index (χ2n) is 6.21. The quantitative estimate of drug-likeness (QED) is 0.572. The van der Waals surface area contributed by atoms with Crippen LogP contribution in [0.25, 0.3) is 11.0 Å². The Morgan fingerprint density at radius 3 is 2.63 bits per heavy atom. The van der Waals surface area contributed by atoms with Crippen molar-refractivity contribution in [1.82, 2.24) is 19.9 Å². The van der Waals surface area contributed by atoms with Crippen molar-refractivity contribution in [2.45, 2.75) is 6.54 Å². The van der Waals surface area contributed by atoms with Crippen LogP contribution in [0.3, 0.4) is 0 Å². The van der Waals surface area contributed by atoms with Gasteiger partial charge in [-0.25, -0.2) is 9.97 Å². The molecule has 0 aliphatic carbocycles. The van der Waals surface area contributed by atoms with Crippen molar-refractivity contribution in [3.05, 3.63) is 84.1 Å². The molecule has 0 saturated carbocycles. The highest BCUT2D eigenvalue weighted by Gasteiger charge is 2.10. The molecule has 0 atom stereocenters. The lowest BCUT2D eigenvalue weighted by molar-refractivity contribution is 0.0951. The second-order valence-corrected chi connectivity index (χ2v) is 6.21. The van der Waals surface area contributed by atoms with E-state index in [1.165, 1.54) is 0 Å². The Labute approximate surface area is 156 Å². The first-order chi connectivity index (χ1) is 13.2. The van der Waals surface area contributed by atoms with E-state index in [1.54, 1.807) is 18.3 Å². The van der Waals surface area contributed by atoms with Crippen LogP contribution in [0.2, 0.25) is 0 Å². The minimum Gasteiger partial charge on any atom is -0.348 e. The van der Waals surface area contributed by atoms with Crippen molar-refractivity contribution in [3.63, 3.8) is 0 Å². The summed E-state index contributed by atoms with van der Waals surface area (Å²) in [5.74, 6) is 1.10. The third-order valence-corrected chi connectivity index (χ3v) is 4.35. The van der Waals surface area contributed by atoms with Gasteiger partial charge in [-0.05, 0) is 29.8 Å². The fourth-order valence-corrected chi connectivity index (χ4v) is 2.89. The summed E-state index contributed by atoms with van der Waals surface area (Å²) in [6, 6.07) is 21.1. The Morgan fingerprint density at radius 2 is 1.81 bits per heavy atom. The van der Waals surface area contributed by atoms with E-state index in [1.807, 2.05) is 66.2 Å². The summed E-state index contributed by atoms with van der Waals surface area (Å²) in [4.78, 5) is 21.3. The molecule has 0 bridgehead atoms. The number of carbonyl (C=O) groups is 1. The predicted molar refractivity (Wildman–Crippen MR) is 106 cm³/mol. The number of benzene rings is 2. The van der Waals surface area contributed by atoms with Crippen LogP contribution in [0, 0.1) is 0 Å². The van der Waals surface area contributed by atoms with Crippen LogP contribution in [-0.4, -0.2) is 20.4 Å². The molecule has 0 fully saturated rings. The number of nitrogens with one attached hydrogen (secondary N) is 2. The Hall–Kier alpha value is -3.67. The van der Waals surface area contributed by atoms with E-state index in [9.17, 15) is 4.79 Å². The molecule has 4 aromatic rings. The van der Waals surface area contributed by atoms with E-state index in [4.69, 9.17) is 0 Å². The number of carbonyl (C=O) groups excluding carboxylic acids is 1. The van der Waals surface area contributed by atoms with E-state index >= 15 is 0 Å². The van der Waals surface area contributed by atoms with Crippen LogP contribution in [0.5, 0.6) is 0 Å². The van der Waals surface area contributed by atoms with E-state index < -0.39 is 0 Å². The lowest BCUT2D eigenvalue weighted by Gasteiger charge is -2.08. The van der Waals surface area contributed by atoms with Crippen molar-refractivity contribution < 1.29 is 4.79 Å². The van der Waals surface area contributed by atoms with Crippen molar-refractivity contribution in [3.8, 4) is 0 Å². The van der Waals surface area contributed by atoms with E-state index in [-0.39, 0.29) is 5.91 Å². The topological polar surface area (TPSA) is 71.8 Å². The van der Waals surface area contributed by atoms with Gasteiger partial charge in [0.1, 0.15) is 5.82 Å². The molecule has 0 saturated heterocycles. The van der Waals surface area contributed by atoms with Gasteiger partial charge in [0.05, 0.1) is 11.0 Å². The van der Waals surface area contributed by atoms with E-state index in [2.05, 4.69) is 20.6 Å². The fourth-order valence-electron chi connectivity index (χ4n) is 2.89. The number of amides is 1. The molecule has 2 aromatic heterocycles. The molecule has 6 heteroatoms.